The predicted molar refractivity (Wildman–Crippen MR) is 90.2 cm³/mol. The summed E-state index contributed by atoms with van der Waals surface area (Å²) in [5, 5.41) is 0. The third kappa shape index (κ3) is 5.23. The van der Waals surface area contributed by atoms with Gasteiger partial charge in [0.15, 0.2) is 0 Å². The SMILES string of the molecule is CS(=O)(=O)N(CC(=O)N1CCC(C(N)=O)CC1)Cc1ccccc1F. The summed E-state index contributed by atoms with van der Waals surface area (Å²) >= 11 is 0. The van der Waals surface area contributed by atoms with Crippen LogP contribution in [-0.2, 0) is 26.2 Å². The summed E-state index contributed by atoms with van der Waals surface area (Å²) in [6.07, 6.45) is 1.92. The van der Waals surface area contributed by atoms with Crippen LogP contribution < -0.4 is 5.73 Å². The molecule has 138 valence electrons. The van der Waals surface area contributed by atoms with Crippen LogP contribution in [0.25, 0.3) is 0 Å². The molecule has 1 aliphatic heterocycles. The van der Waals surface area contributed by atoms with Crippen LogP contribution in [0, 0.1) is 11.7 Å². The molecular weight excluding hydrogens is 349 g/mol. The van der Waals surface area contributed by atoms with Crippen LogP contribution in [-0.4, -0.2) is 55.3 Å². The van der Waals surface area contributed by atoms with Gasteiger partial charge in [0, 0.05) is 31.1 Å². The van der Waals surface area contributed by atoms with Crippen LogP contribution in [0.4, 0.5) is 4.39 Å². The number of sulfonamides is 1. The molecule has 2 amide bonds. The van der Waals surface area contributed by atoms with E-state index in [1.807, 2.05) is 0 Å². The van der Waals surface area contributed by atoms with Crippen LogP contribution >= 0.6 is 0 Å². The van der Waals surface area contributed by atoms with Crippen molar-refractivity contribution in [1.29, 1.82) is 0 Å². The molecule has 7 nitrogen and oxygen atoms in total. The summed E-state index contributed by atoms with van der Waals surface area (Å²) < 4.78 is 38.7. The molecule has 1 aliphatic rings. The van der Waals surface area contributed by atoms with Crippen LogP contribution in [0.15, 0.2) is 24.3 Å². The zero-order valence-electron chi connectivity index (χ0n) is 14.0. The van der Waals surface area contributed by atoms with Crippen molar-refractivity contribution in [2.75, 3.05) is 25.9 Å². The zero-order valence-corrected chi connectivity index (χ0v) is 14.8. The third-order valence-electron chi connectivity index (χ3n) is 4.34. The number of rotatable bonds is 6. The average Bonchev–Trinajstić information content (AvgIpc) is 2.55. The van der Waals surface area contributed by atoms with Gasteiger partial charge in [-0.15, -0.1) is 0 Å². The number of piperidine rings is 1. The Kier molecular flexibility index (Phi) is 6.12. The quantitative estimate of drug-likeness (QED) is 0.778. The summed E-state index contributed by atoms with van der Waals surface area (Å²) in [4.78, 5) is 25.1. The lowest BCUT2D eigenvalue weighted by molar-refractivity contribution is -0.135. The number of hydrogen-bond donors (Lipinski definition) is 1. The summed E-state index contributed by atoms with van der Waals surface area (Å²) in [6.45, 7) is 0.122. The Bertz CT molecular complexity index is 746. The fraction of sp³-hybridized carbons (Fsp3) is 0.500. The first-order valence-electron chi connectivity index (χ1n) is 7.94. The summed E-state index contributed by atoms with van der Waals surface area (Å²) in [7, 11) is -3.69. The molecule has 0 aliphatic carbocycles. The molecule has 1 heterocycles. The number of amides is 2. The highest BCUT2D eigenvalue weighted by Gasteiger charge is 2.29. The molecule has 2 rings (SSSR count). The number of benzene rings is 1. The highest BCUT2D eigenvalue weighted by atomic mass is 32.2. The number of nitrogens with two attached hydrogens (primary N) is 1. The van der Waals surface area contributed by atoms with E-state index in [4.69, 9.17) is 5.73 Å². The van der Waals surface area contributed by atoms with E-state index in [0.717, 1.165) is 10.6 Å². The fourth-order valence-electron chi connectivity index (χ4n) is 2.77. The molecule has 9 heteroatoms. The molecule has 0 unspecified atom stereocenters. The van der Waals surface area contributed by atoms with Crippen molar-refractivity contribution in [2.24, 2.45) is 11.7 Å². The smallest absolute Gasteiger partial charge is 0.237 e. The first-order valence-corrected chi connectivity index (χ1v) is 9.79. The van der Waals surface area contributed by atoms with Crippen LogP contribution in [0.5, 0.6) is 0 Å². The van der Waals surface area contributed by atoms with Gasteiger partial charge in [-0.3, -0.25) is 9.59 Å². The van der Waals surface area contributed by atoms with Gasteiger partial charge in [0.2, 0.25) is 21.8 Å². The summed E-state index contributed by atoms with van der Waals surface area (Å²) in [5.41, 5.74) is 5.46. The largest absolute Gasteiger partial charge is 0.369 e. The lowest BCUT2D eigenvalue weighted by Crippen LogP contribution is -2.46. The van der Waals surface area contributed by atoms with Crippen molar-refractivity contribution in [3.05, 3.63) is 35.6 Å². The first kappa shape index (κ1) is 19.3. The Labute approximate surface area is 146 Å². The second-order valence-corrected chi connectivity index (χ2v) is 8.16. The number of carbonyl (C=O) groups excluding carboxylic acids is 2. The molecule has 0 spiro atoms. The topological polar surface area (TPSA) is 101 Å². The normalized spacial score (nSPS) is 16.2. The van der Waals surface area contributed by atoms with E-state index >= 15 is 0 Å². The van der Waals surface area contributed by atoms with Gasteiger partial charge in [-0.05, 0) is 18.9 Å². The van der Waals surface area contributed by atoms with Crippen molar-refractivity contribution in [2.45, 2.75) is 19.4 Å². The van der Waals surface area contributed by atoms with E-state index in [-0.39, 0.29) is 36.4 Å². The van der Waals surface area contributed by atoms with Gasteiger partial charge < -0.3 is 10.6 Å². The van der Waals surface area contributed by atoms with Gasteiger partial charge in [0.1, 0.15) is 5.82 Å². The molecule has 1 fully saturated rings. The Morgan fingerprint density at radius 3 is 2.40 bits per heavy atom. The lowest BCUT2D eigenvalue weighted by atomic mass is 9.96. The molecule has 0 saturated carbocycles. The summed E-state index contributed by atoms with van der Waals surface area (Å²) in [5.74, 6) is -1.53. The molecule has 0 atom stereocenters. The number of likely N-dealkylation sites (tertiary alicyclic amines) is 1. The zero-order chi connectivity index (χ0) is 18.6. The van der Waals surface area contributed by atoms with E-state index in [1.54, 1.807) is 6.07 Å². The average molecular weight is 371 g/mol. The number of nitrogens with zero attached hydrogens (tertiary/aromatic N) is 2. The number of halogens is 1. The molecular formula is C16H22FN3O4S. The molecule has 0 radical (unpaired) electrons. The molecule has 25 heavy (non-hydrogen) atoms. The van der Waals surface area contributed by atoms with Crippen molar-refractivity contribution in [3.8, 4) is 0 Å². The van der Waals surface area contributed by atoms with Crippen LogP contribution in [0.2, 0.25) is 0 Å². The number of carbonyl (C=O) groups is 2. The van der Waals surface area contributed by atoms with Gasteiger partial charge in [-0.25, -0.2) is 12.8 Å². The Hall–Kier alpha value is -2.00. The van der Waals surface area contributed by atoms with Crippen LogP contribution in [0.1, 0.15) is 18.4 Å². The van der Waals surface area contributed by atoms with Crippen molar-refractivity contribution in [1.82, 2.24) is 9.21 Å². The van der Waals surface area contributed by atoms with E-state index in [9.17, 15) is 22.4 Å². The molecule has 1 saturated heterocycles. The van der Waals surface area contributed by atoms with Crippen molar-refractivity contribution < 1.29 is 22.4 Å². The van der Waals surface area contributed by atoms with Gasteiger partial charge in [-0.2, -0.15) is 4.31 Å². The van der Waals surface area contributed by atoms with E-state index < -0.39 is 15.8 Å². The minimum Gasteiger partial charge on any atom is -0.369 e. The van der Waals surface area contributed by atoms with E-state index in [2.05, 4.69) is 0 Å². The van der Waals surface area contributed by atoms with Gasteiger partial charge in [0.05, 0.1) is 12.8 Å². The monoisotopic (exact) mass is 371 g/mol. The number of hydrogen-bond acceptors (Lipinski definition) is 4. The predicted octanol–water partition coefficient (Wildman–Crippen LogP) is 0.311. The Balaban J connectivity index is 2.04. The third-order valence-corrected chi connectivity index (χ3v) is 5.53. The van der Waals surface area contributed by atoms with Gasteiger partial charge in [0.25, 0.3) is 0 Å². The fourth-order valence-corrected chi connectivity index (χ4v) is 3.49. The molecule has 0 bridgehead atoms. The highest BCUT2D eigenvalue weighted by molar-refractivity contribution is 7.88. The van der Waals surface area contributed by atoms with Gasteiger partial charge in [-0.1, -0.05) is 18.2 Å². The highest BCUT2D eigenvalue weighted by Crippen LogP contribution is 2.18. The maximum Gasteiger partial charge on any atom is 0.237 e. The number of primary amides is 1. The second-order valence-electron chi connectivity index (χ2n) is 6.18. The molecule has 1 aromatic rings. The maximum atomic E-state index is 13.8. The minimum absolute atomic E-state index is 0.202. The Morgan fingerprint density at radius 2 is 1.88 bits per heavy atom. The van der Waals surface area contributed by atoms with E-state index in [1.165, 1.54) is 23.1 Å². The van der Waals surface area contributed by atoms with Crippen molar-refractivity contribution >= 4 is 21.8 Å². The maximum absolute atomic E-state index is 13.8. The molecule has 0 aromatic heterocycles. The second kappa shape index (κ2) is 7.92. The van der Waals surface area contributed by atoms with E-state index in [0.29, 0.717) is 25.9 Å². The lowest BCUT2D eigenvalue weighted by Gasteiger charge is -2.32. The minimum atomic E-state index is -3.69. The Morgan fingerprint density at radius 1 is 1.28 bits per heavy atom. The van der Waals surface area contributed by atoms with Crippen LogP contribution in [0.3, 0.4) is 0 Å². The summed E-state index contributed by atoms with van der Waals surface area (Å²) in [6, 6.07) is 5.84. The molecule has 2 N–H and O–H groups in total. The molecule has 1 aromatic carbocycles. The van der Waals surface area contributed by atoms with Gasteiger partial charge >= 0.3 is 0 Å². The standard InChI is InChI=1S/C16H22FN3O4S/c1-25(23,24)20(10-13-4-2-3-5-14(13)17)11-15(21)19-8-6-12(7-9-19)16(18)22/h2-5,12H,6-11H2,1H3,(H2,18,22). The van der Waals surface area contributed by atoms with Crippen molar-refractivity contribution in [3.63, 3.8) is 0 Å². The first-order chi connectivity index (χ1) is 11.7.